The lowest BCUT2D eigenvalue weighted by molar-refractivity contribution is -0.174. The lowest BCUT2D eigenvalue weighted by atomic mass is 9.76. The average Bonchev–Trinajstić information content (AvgIpc) is 2.60. The molecule has 0 spiro atoms. The SMILES string of the molecule is CC(C)(C)OC(=O)C(C(O)C(=O)O)C(C)(N)c1ccc(-c2ccccc2)cc1Cl. The van der Waals surface area contributed by atoms with Crippen LogP contribution in [0.2, 0.25) is 5.02 Å². The van der Waals surface area contributed by atoms with Crippen molar-refractivity contribution < 1.29 is 24.5 Å². The van der Waals surface area contributed by atoms with Crippen LogP contribution in [0.15, 0.2) is 48.5 Å². The summed E-state index contributed by atoms with van der Waals surface area (Å²) < 4.78 is 5.33. The molecular weight excluding hydrogens is 394 g/mol. The Morgan fingerprint density at radius 1 is 1.03 bits per heavy atom. The van der Waals surface area contributed by atoms with Crippen LogP contribution in [0.4, 0.5) is 0 Å². The number of carboxylic acids is 1. The molecule has 6 nitrogen and oxygen atoms in total. The quantitative estimate of drug-likeness (QED) is 0.617. The minimum absolute atomic E-state index is 0.252. The van der Waals surface area contributed by atoms with Crippen molar-refractivity contribution in [3.63, 3.8) is 0 Å². The molecule has 0 amide bonds. The van der Waals surface area contributed by atoms with Crippen molar-refractivity contribution >= 4 is 23.5 Å². The van der Waals surface area contributed by atoms with Gasteiger partial charge in [-0.3, -0.25) is 4.79 Å². The average molecular weight is 420 g/mol. The summed E-state index contributed by atoms with van der Waals surface area (Å²) in [6, 6.07) is 14.6. The number of halogens is 1. The monoisotopic (exact) mass is 419 g/mol. The van der Waals surface area contributed by atoms with E-state index in [1.807, 2.05) is 30.3 Å². The maximum absolute atomic E-state index is 12.8. The summed E-state index contributed by atoms with van der Waals surface area (Å²) in [4.78, 5) is 24.2. The Hall–Kier alpha value is -2.41. The molecule has 3 unspecified atom stereocenters. The largest absolute Gasteiger partial charge is 0.479 e. The number of carboxylic acid groups (broad SMARTS) is 1. The van der Waals surface area contributed by atoms with Crippen LogP contribution in [0, 0.1) is 5.92 Å². The molecule has 29 heavy (non-hydrogen) atoms. The Labute approximate surface area is 175 Å². The maximum atomic E-state index is 12.8. The van der Waals surface area contributed by atoms with Gasteiger partial charge >= 0.3 is 11.9 Å². The van der Waals surface area contributed by atoms with E-state index in [0.29, 0.717) is 5.56 Å². The number of ether oxygens (including phenoxy) is 1. The Kier molecular flexibility index (Phi) is 6.73. The normalized spacial score (nSPS) is 15.8. The fraction of sp³-hybridized carbons (Fsp3) is 0.364. The van der Waals surface area contributed by atoms with Crippen LogP contribution in [-0.4, -0.2) is 33.9 Å². The number of aliphatic hydroxyl groups is 1. The molecular formula is C22H26ClNO5. The number of carbonyl (C=O) groups excluding carboxylic acids is 1. The second-order valence-corrected chi connectivity index (χ2v) is 8.54. The van der Waals surface area contributed by atoms with Crippen LogP contribution in [-0.2, 0) is 19.9 Å². The number of rotatable bonds is 6. The van der Waals surface area contributed by atoms with Gasteiger partial charge in [0.2, 0.25) is 0 Å². The first kappa shape index (κ1) is 22.9. The Balaban J connectivity index is 2.50. The molecule has 0 radical (unpaired) electrons. The van der Waals surface area contributed by atoms with Gasteiger partial charge in [-0.1, -0.05) is 54.1 Å². The first-order valence-electron chi connectivity index (χ1n) is 9.12. The maximum Gasteiger partial charge on any atom is 0.333 e. The highest BCUT2D eigenvalue weighted by atomic mass is 35.5. The highest BCUT2D eigenvalue weighted by Gasteiger charge is 2.48. The molecule has 0 aliphatic rings. The highest BCUT2D eigenvalue weighted by Crippen LogP contribution is 2.37. The smallest absolute Gasteiger partial charge is 0.333 e. The van der Waals surface area contributed by atoms with Gasteiger partial charge in [0.25, 0.3) is 0 Å². The van der Waals surface area contributed by atoms with Crippen LogP contribution in [0.25, 0.3) is 11.1 Å². The number of hydrogen-bond donors (Lipinski definition) is 3. The van der Waals surface area contributed by atoms with Gasteiger partial charge in [0.15, 0.2) is 6.10 Å². The number of esters is 1. The fourth-order valence-corrected chi connectivity index (χ4v) is 3.52. The Morgan fingerprint density at radius 3 is 2.10 bits per heavy atom. The summed E-state index contributed by atoms with van der Waals surface area (Å²) in [5.74, 6) is -4.06. The van der Waals surface area contributed by atoms with Crippen molar-refractivity contribution in [2.24, 2.45) is 11.7 Å². The van der Waals surface area contributed by atoms with E-state index < -0.39 is 35.1 Å². The van der Waals surface area contributed by atoms with Gasteiger partial charge in [0, 0.05) is 5.02 Å². The van der Waals surface area contributed by atoms with Crippen LogP contribution in [0.5, 0.6) is 0 Å². The minimum Gasteiger partial charge on any atom is -0.479 e. The van der Waals surface area contributed by atoms with E-state index >= 15 is 0 Å². The summed E-state index contributed by atoms with van der Waals surface area (Å²) in [6.07, 6.45) is -2.07. The number of nitrogens with two attached hydrogens (primary N) is 1. The number of benzene rings is 2. The molecule has 0 saturated heterocycles. The lowest BCUT2D eigenvalue weighted by Gasteiger charge is -2.36. The predicted octanol–water partition coefficient (Wildman–Crippen LogP) is 3.58. The zero-order valence-electron chi connectivity index (χ0n) is 16.8. The van der Waals surface area contributed by atoms with Gasteiger partial charge in [-0.05, 0) is 50.5 Å². The molecule has 3 atom stereocenters. The molecule has 0 aromatic heterocycles. The number of aliphatic carboxylic acids is 1. The van der Waals surface area contributed by atoms with Crippen molar-refractivity contribution in [1.29, 1.82) is 0 Å². The van der Waals surface area contributed by atoms with Crippen molar-refractivity contribution in [3.05, 3.63) is 59.1 Å². The molecule has 7 heteroatoms. The summed E-state index contributed by atoms with van der Waals surface area (Å²) >= 11 is 6.47. The molecule has 0 bridgehead atoms. The lowest BCUT2D eigenvalue weighted by Crippen LogP contribution is -2.54. The van der Waals surface area contributed by atoms with Crippen LogP contribution in [0.1, 0.15) is 33.3 Å². The van der Waals surface area contributed by atoms with Crippen LogP contribution < -0.4 is 5.73 Å². The standard InChI is InChI=1S/C22H26ClNO5/c1-21(2,3)29-20(28)17(18(25)19(26)27)22(4,24)15-11-10-14(12-16(15)23)13-8-6-5-7-9-13/h5-12,17-18,25H,24H2,1-4H3,(H,26,27). The number of hydrogen-bond acceptors (Lipinski definition) is 5. The van der Waals surface area contributed by atoms with Gasteiger partial charge in [0.05, 0.1) is 5.54 Å². The van der Waals surface area contributed by atoms with Crippen LogP contribution in [0.3, 0.4) is 0 Å². The zero-order valence-corrected chi connectivity index (χ0v) is 17.6. The predicted molar refractivity (Wildman–Crippen MR) is 111 cm³/mol. The molecule has 0 saturated carbocycles. The molecule has 0 aliphatic heterocycles. The molecule has 2 aromatic rings. The van der Waals surface area contributed by atoms with E-state index in [-0.39, 0.29) is 5.02 Å². The zero-order chi connectivity index (χ0) is 22.0. The molecule has 4 N–H and O–H groups in total. The van der Waals surface area contributed by atoms with Crippen molar-refractivity contribution in [1.82, 2.24) is 0 Å². The number of aliphatic hydroxyl groups excluding tert-OH is 1. The third-order valence-electron chi connectivity index (χ3n) is 4.53. The molecule has 0 fully saturated rings. The molecule has 2 aromatic carbocycles. The molecule has 0 aliphatic carbocycles. The van der Waals surface area contributed by atoms with Gasteiger partial charge in [0.1, 0.15) is 11.5 Å². The molecule has 0 heterocycles. The minimum atomic E-state index is -2.07. The van der Waals surface area contributed by atoms with Gasteiger partial charge in [-0.2, -0.15) is 0 Å². The number of carbonyl (C=O) groups is 2. The summed E-state index contributed by atoms with van der Waals surface area (Å²) in [6.45, 7) is 6.39. The van der Waals surface area contributed by atoms with Gasteiger partial charge in [-0.25, -0.2) is 4.79 Å². The summed E-state index contributed by atoms with van der Waals surface area (Å²) in [5, 5.41) is 19.8. The van der Waals surface area contributed by atoms with Crippen molar-refractivity contribution in [2.45, 2.75) is 44.9 Å². The first-order valence-corrected chi connectivity index (χ1v) is 9.50. The first-order chi connectivity index (χ1) is 13.3. The Bertz CT molecular complexity index is 890. The second kappa shape index (κ2) is 8.53. The van der Waals surface area contributed by atoms with E-state index in [1.54, 1.807) is 39.0 Å². The van der Waals surface area contributed by atoms with E-state index in [0.717, 1.165) is 11.1 Å². The fourth-order valence-electron chi connectivity index (χ4n) is 3.14. The van der Waals surface area contributed by atoms with E-state index in [9.17, 15) is 19.8 Å². The Morgan fingerprint density at radius 2 is 1.62 bits per heavy atom. The third kappa shape index (κ3) is 5.35. The molecule has 2 rings (SSSR count). The topological polar surface area (TPSA) is 110 Å². The van der Waals surface area contributed by atoms with E-state index in [1.165, 1.54) is 6.92 Å². The van der Waals surface area contributed by atoms with Gasteiger partial charge < -0.3 is 20.7 Å². The highest BCUT2D eigenvalue weighted by molar-refractivity contribution is 6.31. The van der Waals surface area contributed by atoms with Crippen molar-refractivity contribution in [3.8, 4) is 11.1 Å². The second-order valence-electron chi connectivity index (χ2n) is 8.14. The van der Waals surface area contributed by atoms with E-state index in [4.69, 9.17) is 22.1 Å². The van der Waals surface area contributed by atoms with Gasteiger partial charge in [-0.15, -0.1) is 0 Å². The molecule has 156 valence electrons. The summed E-state index contributed by atoms with van der Waals surface area (Å²) in [7, 11) is 0. The van der Waals surface area contributed by atoms with Crippen LogP contribution >= 0.6 is 11.6 Å². The summed E-state index contributed by atoms with van der Waals surface area (Å²) in [5.41, 5.74) is 6.04. The van der Waals surface area contributed by atoms with E-state index in [2.05, 4.69) is 0 Å². The van der Waals surface area contributed by atoms with Crippen molar-refractivity contribution in [2.75, 3.05) is 0 Å². The third-order valence-corrected chi connectivity index (χ3v) is 4.84.